The van der Waals surface area contributed by atoms with Crippen LogP contribution in [0.5, 0.6) is 11.5 Å². The van der Waals surface area contributed by atoms with E-state index in [-0.39, 0.29) is 34.2 Å². The molecule has 1 unspecified atom stereocenters. The van der Waals surface area contributed by atoms with E-state index in [1.807, 2.05) is 0 Å². The summed E-state index contributed by atoms with van der Waals surface area (Å²) in [6.45, 7) is 0.928. The molecule has 1 aromatic carbocycles. The fourth-order valence-corrected chi connectivity index (χ4v) is 2.30. The predicted octanol–water partition coefficient (Wildman–Crippen LogP) is 1.89. The molecule has 1 atom stereocenters. The number of fused-ring (bicyclic) bond motifs is 1. The number of nitriles is 1. The first-order chi connectivity index (χ1) is 10.6. The molecule has 0 saturated carbocycles. The maximum atomic E-state index is 11.2. The molecule has 3 rings (SSSR count). The van der Waals surface area contributed by atoms with Crippen molar-refractivity contribution in [1.29, 1.82) is 5.26 Å². The minimum absolute atomic E-state index is 0.0420. The van der Waals surface area contributed by atoms with E-state index in [0.717, 1.165) is 0 Å². The monoisotopic (exact) mass is 301 g/mol. The van der Waals surface area contributed by atoms with Crippen molar-refractivity contribution < 1.29 is 19.5 Å². The second-order valence-corrected chi connectivity index (χ2v) is 4.83. The minimum atomic E-state index is -0.594. The van der Waals surface area contributed by atoms with Crippen LogP contribution in [-0.4, -0.2) is 34.3 Å². The molecule has 1 aromatic heterocycles. The van der Waals surface area contributed by atoms with Gasteiger partial charge in [-0.3, -0.25) is 15.1 Å². The lowest BCUT2D eigenvalue weighted by Gasteiger charge is -2.13. The number of rotatable bonds is 3. The Morgan fingerprint density at radius 1 is 1.55 bits per heavy atom. The van der Waals surface area contributed by atoms with Crippen LogP contribution in [0.3, 0.4) is 0 Å². The zero-order valence-corrected chi connectivity index (χ0v) is 11.4. The second-order valence-electron chi connectivity index (χ2n) is 4.83. The molecule has 0 aliphatic carbocycles. The van der Waals surface area contributed by atoms with Crippen LogP contribution in [0, 0.1) is 21.4 Å². The van der Waals surface area contributed by atoms with Crippen molar-refractivity contribution in [3.05, 3.63) is 34.0 Å². The largest absolute Gasteiger partial charge is 0.506 e. The number of hydrogen-bond acceptors (Lipinski definition) is 7. The highest BCUT2D eigenvalue weighted by atomic mass is 16.6. The molecular formula is C14H11N3O5. The summed E-state index contributed by atoms with van der Waals surface area (Å²) in [6, 6.07) is 4.35. The zero-order valence-electron chi connectivity index (χ0n) is 11.4. The summed E-state index contributed by atoms with van der Waals surface area (Å²) in [4.78, 5) is 14.7. The molecule has 1 N–H and O–H groups in total. The van der Waals surface area contributed by atoms with Gasteiger partial charge in [0.25, 0.3) is 0 Å². The highest BCUT2D eigenvalue weighted by Crippen LogP contribution is 2.37. The van der Waals surface area contributed by atoms with Crippen LogP contribution < -0.4 is 4.74 Å². The van der Waals surface area contributed by atoms with Gasteiger partial charge in [-0.2, -0.15) is 5.26 Å². The van der Waals surface area contributed by atoms with E-state index in [1.165, 1.54) is 18.3 Å². The Hall–Kier alpha value is -2.92. The third-order valence-electron chi connectivity index (χ3n) is 3.42. The molecule has 112 valence electrons. The van der Waals surface area contributed by atoms with Crippen LogP contribution in [0.15, 0.2) is 18.3 Å². The summed E-state index contributed by atoms with van der Waals surface area (Å²) in [5, 5.41) is 30.2. The normalized spacial score (nSPS) is 17.3. The fraction of sp³-hybridized carbons (Fsp3) is 0.286. The lowest BCUT2D eigenvalue weighted by molar-refractivity contribution is -0.385. The summed E-state index contributed by atoms with van der Waals surface area (Å²) in [6.07, 6.45) is 1.62. The third-order valence-corrected chi connectivity index (χ3v) is 3.42. The topological polar surface area (TPSA) is 119 Å². The molecule has 22 heavy (non-hydrogen) atoms. The number of aromatic nitrogens is 1. The van der Waals surface area contributed by atoms with Crippen LogP contribution in [0.2, 0.25) is 0 Å². The van der Waals surface area contributed by atoms with Crippen LogP contribution >= 0.6 is 0 Å². The number of benzene rings is 1. The van der Waals surface area contributed by atoms with Gasteiger partial charge in [0.2, 0.25) is 0 Å². The number of nitrogens with zero attached hydrogens (tertiary/aromatic N) is 3. The van der Waals surface area contributed by atoms with Crippen molar-refractivity contribution in [2.45, 2.75) is 12.5 Å². The van der Waals surface area contributed by atoms with Crippen molar-refractivity contribution in [3.63, 3.8) is 0 Å². The Labute approximate surface area is 124 Å². The number of ether oxygens (including phenoxy) is 2. The van der Waals surface area contributed by atoms with Gasteiger partial charge in [0.1, 0.15) is 23.5 Å². The Balaban J connectivity index is 2.13. The Morgan fingerprint density at radius 2 is 2.36 bits per heavy atom. The molecule has 2 heterocycles. The van der Waals surface area contributed by atoms with E-state index in [1.54, 1.807) is 6.07 Å². The number of aromatic hydroxyl groups is 1. The lowest BCUT2D eigenvalue weighted by atomic mass is 10.1. The molecule has 8 heteroatoms. The molecule has 0 radical (unpaired) electrons. The maximum absolute atomic E-state index is 11.2. The summed E-state index contributed by atoms with van der Waals surface area (Å²) < 4.78 is 10.8. The first-order valence-electron chi connectivity index (χ1n) is 6.54. The summed E-state index contributed by atoms with van der Waals surface area (Å²) >= 11 is 0. The molecule has 1 aliphatic heterocycles. The predicted molar refractivity (Wildman–Crippen MR) is 74.6 cm³/mol. The van der Waals surface area contributed by atoms with Gasteiger partial charge in [0.15, 0.2) is 5.75 Å². The quantitative estimate of drug-likeness (QED) is 0.679. The Kier molecular flexibility index (Phi) is 3.48. The minimum Gasteiger partial charge on any atom is -0.506 e. The number of hydrogen-bond donors (Lipinski definition) is 1. The first-order valence-corrected chi connectivity index (χ1v) is 6.54. The van der Waals surface area contributed by atoms with E-state index < -0.39 is 4.92 Å². The van der Waals surface area contributed by atoms with E-state index in [2.05, 4.69) is 4.98 Å². The second kappa shape index (κ2) is 5.46. The fourth-order valence-electron chi connectivity index (χ4n) is 2.30. The summed E-state index contributed by atoms with van der Waals surface area (Å²) in [5.41, 5.74) is -0.0118. The average molecular weight is 301 g/mol. The highest BCUT2D eigenvalue weighted by Gasteiger charge is 2.24. The van der Waals surface area contributed by atoms with E-state index in [4.69, 9.17) is 14.7 Å². The van der Waals surface area contributed by atoms with Gasteiger partial charge >= 0.3 is 5.69 Å². The van der Waals surface area contributed by atoms with Crippen molar-refractivity contribution >= 4 is 16.6 Å². The van der Waals surface area contributed by atoms with Crippen molar-refractivity contribution in [2.75, 3.05) is 13.2 Å². The SMILES string of the molecule is N#Cc1cnc2cc(OC3CCOC3)c([N+](=O)[O-])cc2c1O. The highest BCUT2D eigenvalue weighted by molar-refractivity contribution is 5.90. The average Bonchev–Trinajstić information content (AvgIpc) is 3.00. The van der Waals surface area contributed by atoms with Gasteiger partial charge in [0.05, 0.1) is 29.0 Å². The Bertz CT molecular complexity index is 793. The summed E-state index contributed by atoms with van der Waals surface area (Å²) in [5.74, 6) is -0.254. The van der Waals surface area contributed by atoms with Gasteiger partial charge in [-0.05, 0) is 0 Å². The van der Waals surface area contributed by atoms with Gasteiger partial charge in [-0.25, -0.2) is 0 Å². The molecule has 1 fully saturated rings. The van der Waals surface area contributed by atoms with E-state index >= 15 is 0 Å². The first kappa shape index (κ1) is 14.0. The molecule has 2 aromatic rings. The van der Waals surface area contributed by atoms with Crippen LogP contribution in [0.1, 0.15) is 12.0 Å². The number of pyridine rings is 1. The molecule has 0 spiro atoms. The van der Waals surface area contributed by atoms with E-state index in [9.17, 15) is 15.2 Å². The molecular weight excluding hydrogens is 290 g/mol. The van der Waals surface area contributed by atoms with Crippen LogP contribution in [0.4, 0.5) is 5.69 Å². The Morgan fingerprint density at radius 3 is 3.00 bits per heavy atom. The molecule has 1 aliphatic rings. The van der Waals surface area contributed by atoms with Crippen molar-refractivity contribution in [2.24, 2.45) is 0 Å². The van der Waals surface area contributed by atoms with Crippen LogP contribution in [-0.2, 0) is 4.74 Å². The summed E-state index contributed by atoms with van der Waals surface area (Å²) in [7, 11) is 0. The van der Waals surface area contributed by atoms with Gasteiger partial charge in [0, 0.05) is 24.8 Å². The molecule has 0 bridgehead atoms. The van der Waals surface area contributed by atoms with Crippen molar-refractivity contribution in [3.8, 4) is 17.6 Å². The number of nitro benzene ring substituents is 1. The zero-order chi connectivity index (χ0) is 15.7. The van der Waals surface area contributed by atoms with Gasteiger partial charge < -0.3 is 14.6 Å². The van der Waals surface area contributed by atoms with Crippen LogP contribution in [0.25, 0.3) is 10.9 Å². The standard InChI is InChI=1S/C14H11N3O5/c15-5-8-6-16-11-4-13(22-9-1-2-21-7-9)12(17(19)20)3-10(11)14(8)18/h3-4,6,9H,1-2,7H2,(H,16,18). The number of nitro groups is 1. The third kappa shape index (κ3) is 2.38. The van der Waals surface area contributed by atoms with Gasteiger partial charge in [-0.1, -0.05) is 0 Å². The maximum Gasteiger partial charge on any atom is 0.311 e. The van der Waals surface area contributed by atoms with Crippen molar-refractivity contribution in [1.82, 2.24) is 4.98 Å². The van der Waals surface area contributed by atoms with Gasteiger partial charge in [-0.15, -0.1) is 0 Å². The lowest BCUT2D eigenvalue weighted by Crippen LogP contribution is -2.16. The van der Waals surface area contributed by atoms with E-state index in [0.29, 0.717) is 25.2 Å². The molecule has 0 amide bonds. The smallest absolute Gasteiger partial charge is 0.311 e. The molecule has 8 nitrogen and oxygen atoms in total. The molecule has 1 saturated heterocycles.